The van der Waals surface area contributed by atoms with Gasteiger partial charge in [-0.15, -0.1) is 11.3 Å². The number of hydrogen-bond acceptors (Lipinski definition) is 4. The second-order valence-electron chi connectivity index (χ2n) is 3.04. The molecule has 13 heavy (non-hydrogen) atoms. The Morgan fingerprint density at radius 2 is 2.46 bits per heavy atom. The second-order valence-corrected chi connectivity index (χ2v) is 3.99. The van der Waals surface area contributed by atoms with Crippen LogP contribution < -0.4 is 0 Å². The van der Waals surface area contributed by atoms with Crippen molar-refractivity contribution < 1.29 is 14.3 Å². The first-order valence-corrected chi connectivity index (χ1v) is 4.88. The lowest BCUT2D eigenvalue weighted by molar-refractivity contribution is -0.166. The van der Waals surface area contributed by atoms with Gasteiger partial charge in [0.05, 0.1) is 20.3 Å². The number of methoxy groups -OCH3 is 1. The summed E-state index contributed by atoms with van der Waals surface area (Å²) in [6, 6.07) is 3.88. The first-order chi connectivity index (χ1) is 6.29. The molecule has 1 aliphatic heterocycles. The van der Waals surface area contributed by atoms with Gasteiger partial charge in [-0.05, 0) is 11.4 Å². The van der Waals surface area contributed by atoms with E-state index in [1.807, 2.05) is 17.5 Å². The lowest BCUT2D eigenvalue weighted by Gasteiger charge is -2.37. The zero-order valence-corrected chi connectivity index (χ0v) is 8.10. The summed E-state index contributed by atoms with van der Waals surface area (Å²) < 4.78 is 9.86. The van der Waals surface area contributed by atoms with Crippen molar-refractivity contribution in [3.8, 4) is 0 Å². The quantitative estimate of drug-likeness (QED) is 0.670. The summed E-state index contributed by atoms with van der Waals surface area (Å²) in [6.07, 6.45) is 0. The van der Waals surface area contributed by atoms with Gasteiger partial charge in [-0.25, -0.2) is 0 Å². The predicted octanol–water partition coefficient (Wildman–Crippen LogP) is 1.19. The molecule has 4 heteroatoms. The van der Waals surface area contributed by atoms with Crippen LogP contribution >= 0.6 is 11.3 Å². The highest BCUT2D eigenvalue weighted by molar-refractivity contribution is 7.10. The first-order valence-electron chi connectivity index (χ1n) is 4.00. The van der Waals surface area contributed by atoms with Gasteiger partial charge in [0.25, 0.3) is 0 Å². The number of esters is 1. The molecule has 0 spiro atoms. The maximum Gasteiger partial charge on any atom is 0.321 e. The first kappa shape index (κ1) is 8.72. The van der Waals surface area contributed by atoms with Gasteiger partial charge in [0.2, 0.25) is 0 Å². The van der Waals surface area contributed by atoms with Crippen LogP contribution in [-0.4, -0.2) is 26.3 Å². The molecule has 0 N–H and O–H groups in total. The Morgan fingerprint density at radius 3 is 2.85 bits per heavy atom. The van der Waals surface area contributed by atoms with E-state index in [-0.39, 0.29) is 5.97 Å². The summed E-state index contributed by atoms with van der Waals surface area (Å²) in [5, 5.41) is 1.96. The number of carbonyl (C=O) groups excluding carboxylic acids is 1. The van der Waals surface area contributed by atoms with E-state index in [2.05, 4.69) is 0 Å². The van der Waals surface area contributed by atoms with Gasteiger partial charge in [0.15, 0.2) is 0 Å². The Kier molecular flexibility index (Phi) is 2.09. The van der Waals surface area contributed by atoms with E-state index in [9.17, 15) is 4.79 Å². The number of carbonyl (C=O) groups is 1. The summed E-state index contributed by atoms with van der Waals surface area (Å²) in [7, 11) is 1.41. The zero-order valence-electron chi connectivity index (χ0n) is 7.28. The van der Waals surface area contributed by atoms with Crippen LogP contribution in [-0.2, 0) is 19.7 Å². The van der Waals surface area contributed by atoms with Gasteiger partial charge in [-0.3, -0.25) is 4.79 Å². The molecule has 0 bridgehead atoms. The maximum absolute atomic E-state index is 11.5. The van der Waals surface area contributed by atoms with Crippen LogP contribution in [0.4, 0.5) is 0 Å². The van der Waals surface area contributed by atoms with Crippen molar-refractivity contribution in [1.29, 1.82) is 0 Å². The molecule has 1 aromatic rings. The SMILES string of the molecule is COC(=O)C1(c2cccs2)COC1. The molecule has 0 unspecified atom stereocenters. The summed E-state index contributed by atoms with van der Waals surface area (Å²) in [6.45, 7) is 0.889. The van der Waals surface area contributed by atoms with E-state index in [1.165, 1.54) is 7.11 Å². The third kappa shape index (κ3) is 1.17. The zero-order chi connectivity index (χ0) is 9.31. The number of rotatable bonds is 2. The van der Waals surface area contributed by atoms with Crippen LogP contribution in [0.3, 0.4) is 0 Å². The smallest absolute Gasteiger partial charge is 0.321 e. The normalized spacial score (nSPS) is 19.2. The van der Waals surface area contributed by atoms with Gasteiger partial charge < -0.3 is 9.47 Å². The van der Waals surface area contributed by atoms with E-state index in [4.69, 9.17) is 9.47 Å². The summed E-state index contributed by atoms with van der Waals surface area (Å²) in [5.74, 6) is -0.193. The molecule has 70 valence electrons. The summed E-state index contributed by atoms with van der Waals surface area (Å²) in [5.41, 5.74) is -0.511. The van der Waals surface area contributed by atoms with Crippen molar-refractivity contribution in [3.05, 3.63) is 22.4 Å². The third-order valence-corrected chi connectivity index (χ3v) is 3.34. The molecule has 0 aromatic carbocycles. The maximum atomic E-state index is 11.5. The van der Waals surface area contributed by atoms with Crippen molar-refractivity contribution in [2.75, 3.05) is 20.3 Å². The molecule has 1 aliphatic rings. The van der Waals surface area contributed by atoms with Crippen LogP contribution in [0.25, 0.3) is 0 Å². The molecule has 0 aliphatic carbocycles. The standard InChI is InChI=1S/C9H10O3S/c1-11-8(10)9(5-12-6-9)7-3-2-4-13-7/h2-4H,5-6H2,1H3. The van der Waals surface area contributed by atoms with Crippen molar-refractivity contribution in [3.63, 3.8) is 0 Å². The highest BCUT2D eigenvalue weighted by atomic mass is 32.1. The molecular formula is C9H10O3S. The number of ether oxygens (including phenoxy) is 2. The number of thiophene rings is 1. The van der Waals surface area contributed by atoms with E-state index in [1.54, 1.807) is 11.3 Å². The minimum Gasteiger partial charge on any atom is -0.468 e. The van der Waals surface area contributed by atoms with Gasteiger partial charge in [0.1, 0.15) is 5.41 Å². The highest BCUT2D eigenvalue weighted by Gasteiger charge is 2.49. The molecule has 2 rings (SSSR count). The minimum absolute atomic E-state index is 0.193. The fourth-order valence-corrected chi connectivity index (χ4v) is 2.30. The molecule has 2 heterocycles. The number of hydrogen-bond donors (Lipinski definition) is 0. The Labute approximate surface area is 80.3 Å². The molecule has 0 saturated carbocycles. The molecule has 1 fully saturated rings. The molecule has 1 aromatic heterocycles. The second kappa shape index (κ2) is 3.12. The van der Waals surface area contributed by atoms with Gasteiger partial charge in [-0.2, -0.15) is 0 Å². The summed E-state index contributed by atoms with van der Waals surface area (Å²) >= 11 is 1.57. The van der Waals surface area contributed by atoms with E-state index < -0.39 is 5.41 Å². The Balaban J connectivity index is 2.31. The largest absolute Gasteiger partial charge is 0.468 e. The average Bonchev–Trinajstić information content (AvgIpc) is 2.55. The molecule has 0 amide bonds. The Bertz CT molecular complexity index is 301. The van der Waals surface area contributed by atoms with Crippen LogP contribution in [0.1, 0.15) is 4.88 Å². The van der Waals surface area contributed by atoms with E-state index >= 15 is 0 Å². The summed E-state index contributed by atoms with van der Waals surface area (Å²) in [4.78, 5) is 12.6. The fraction of sp³-hybridized carbons (Fsp3) is 0.444. The lowest BCUT2D eigenvalue weighted by atomic mass is 9.84. The van der Waals surface area contributed by atoms with Crippen molar-refractivity contribution in [1.82, 2.24) is 0 Å². The monoisotopic (exact) mass is 198 g/mol. The fourth-order valence-electron chi connectivity index (χ4n) is 1.41. The molecule has 1 saturated heterocycles. The minimum atomic E-state index is -0.511. The third-order valence-electron chi connectivity index (χ3n) is 2.27. The predicted molar refractivity (Wildman–Crippen MR) is 48.8 cm³/mol. The molecule has 0 radical (unpaired) electrons. The van der Waals surface area contributed by atoms with Crippen LogP contribution in [0.5, 0.6) is 0 Å². The molecule has 0 atom stereocenters. The van der Waals surface area contributed by atoms with Gasteiger partial charge in [-0.1, -0.05) is 6.07 Å². The van der Waals surface area contributed by atoms with Crippen molar-refractivity contribution >= 4 is 17.3 Å². The molecule has 3 nitrogen and oxygen atoms in total. The Morgan fingerprint density at radius 1 is 1.69 bits per heavy atom. The highest BCUT2D eigenvalue weighted by Crippen LogP contribution is 2.36. The van der Waals surface area contributed by atoms with Gasteiger partial charge >= 0.3 is 5.97 Å². The lowest BCUT2D eigenvalue weighted by Crippen LogP contribution is -2.53. The van der Waals surface area contributed by atoms with Crippen LogP contribution in [0.15, 0.2) is 17.5 Å². The van der Waals surface area contributed by atoms with E-state index in [0.29, 0.717) is 13.2 Å². The Hall–Kier alpha value is -0.870. The van der Waals surface area contributed by atoms with Gasteiger partial charge in [0, 0.05) is 4.88 Å². The van der Waals surface area contributed by atoms with Crippen LogP contribution in [0.2, 0.25) is 0 Å². The van der Waals surface area contributed by atoms with E-state index in [0.717, 1.165) is 4.88 Å². The van der Waals surface area contributed by atoms with Crippen molar-refractivity contribution in [2.24, 2.45) is 0 Å². The average molecular weight is 198 g/mol. The molecular weight excluding hydrogens is 188 g/mol. The topological polar surface area (TPSA) is 35.5 Å². The van der Waals surface area contributed by atoms with Crippen molar-refractivity contribution in [2.45, 2.75) is 5.41 Å². The van der Waals surface area contributed by atoms with Crippen LogP contribution in [0, 0.1) is 0 Å².